The fraction of sp³-hybridized carbons (Fsp3) is 0.429. The molecule has 0 radical (unpaired) electrons. The Morgan fingerprint density at radius 2 is 1.75 bits per heavy atom. The van der Waals surface area contributed by atoms with Crippen molar-refractivity contribution in [2.75, 3.05) is 24.3 Å². The molecular formula is C21H26N6O. The zero-order valence-electron chi connectivity index (χ0n) is 16.6. The van der Waals surface area contributed by atoms with Gasteiger partial charge >= 0.3 is 0 Å². The molecule has 3 rings (SSSR count). The summed E-state index contributed by atoms with van der Waals surface area (Å²) in [4.78, 5) is 23.3. The van der Waals surface area contributed by atoms with Gasteiger partial charge < -0.3 is 15.5 Å². The van der Waals surface area contributed by atoms with Crippen molar-refractivity contribution in [1.29, 1.82) is 5.26 Å². The number of benzene rings is 1. The molecule has 0 spiro atoms. The van der Waals surface area contributed by atoms with E-state index >= 15 is 0 Å². The molecule has 0 bridgehead atoms. The molecule has 0 atom stereocenters. The molecule has 1 aromatic heterocycles. The molecule has 28 heavy (non-hydrogen) atoms. The molecule has 0 saturated heterocycles. The van der Waals surface area contributed by atoms with Crippen LogP contribution < -0.4 is 15.5 Å². The summed E-state index contributed by atoms with van der Waals surface area (Å²) in [5.41, 5.74) is 1.15. The number of rotatable bonds is 5. The predicted octanol–water partition coefficient (Wildman–Crippen LogP) is 2.88. The van der Waals surface area contributed by atoms with Crippen LogP contribution in [0.3, 0.4) is 0 Å². The average molecular weight is 378 g/mol. The number of hydrogen-bond donors (Lipinski definition) is 2. The molecule has 146 valence electrons. The van der Waals surface area contributed by atoms with Gasteiger partial charge in [0.25, 0.3) is 5.91 Å². The number of nitriles is 1. The molecule has 2 aromatic rings. The number of aryl methyl sites for hydroxylation is 1. The maximum atomic E-state index is 12.4. The van der Waals surface area contributed by atoms with E-state index in [0.717, 1.165) is 43.1 Å². The zero-order chi connectivity index (χ0) is 20.1. The van der Waals surface area contributed by atoms with Crippen molar-refractivity contribution in [3.8, 4) is 6.07 Å². The Morgan fingerprint density at radius 1 is 1.11 bits per heavy atom. The highest BCUT2D eigenvalue weighted by atomic mass is 16.1. The standard InChI is InChI=1S/C21H26N6O/c1-14-23-19(12-20(24-14)27(2)3)25-17-8-10-18(11-9-17)26-21(28)16-6-4-15(13-22)5-7-16/h4-7,12,17-18H,8-11H2,1-3H3,(H,26,28)(H,23,24,25). The maximum Gasteiger partial charge on any atom is 0.251 e. The van der Waals surface area contributed by atoms with Gasteiger partial charge in [-0.25, -0.2) is 9.97 Å². The molecule has 1 saturated carbocycles. The summed E-state index contributed by atoms with van der Waals surface area (Å²) in [6.45, 7) is 1.90. The lowest BCUT2D eigenvalue weighted by molar-refractivity contribution is 0.0926. The number of carbonyl (C=O) groups excluding carboxylic acids is 1. The minimum atomic E-state index is -0.0806. The summed E-state index contributed by atoms with van der Waals surface area (Å²) < 4.78 is 0. The zero-order valence-corrected chi connectivity index (χ0v) is 16.6. The van der Waals surface area contributed by atoms with Crippen molar-refractivity contribution in [2.24, 2.45) is 0 Å². The summed E-state index contributed by atoms with van der Waals surface area (Å²) in [6, 6.07) is 11.3. The van der Waals surface area contributed by atoms with Crippen molar-refractivity contribution >= 4 is 17.5 Å². The van der Waals surface area contributed by atoms with Crippen LogP contribution in [0.4, 0.5) is 11.6 Å². The number of anilines is 2. The molecular weight excluding hydrogens is 352 g/mol. The minimum Gasteiger partial charge on any atom is -0.367 e. The fourth-order valence-electron chi connectivity index (χ4n) is 3.41. The first-order valence-electron chi connectivity index (χ1n) is 9.55. The lowest BCUT2D eigenvalue weighted by Gasteiger charge is -2.30. The van der Waals surface area contributed by atoms with Crippen molar-refractivity contribution in [1.82, 2.24) is 15.3 Å². The van der Waals surface area contributed by atoms with E-state index in [-0.39, 0.29) is 11.9 Å². The predicted molar refractivity (Wildman–Crippen MR) is 109 cm³/mol. The lowest BCUT2D eigenvalue weighted by atomic mass is 9.91. The van der Waals surface area contributed by atoms with E-state index in [1.165, 1.54) is 0 Å². The highest BCUT2D eigenvalue weighted by Crippen LogP contribution is 2.23. The third-order valence-electron chi connectivity index (χ3n) is 4.97. The van der Waals surface area contributed by atoms with Crippen LogP contribution in [0.25, 0.3) is 0 Å². The van der Waals surface area contributed by atoms with Gasteiger partial charge in [-0.15, -0.1) is 0 Å². The molecule has 0 aliphatic heterocycles. The van der Waals surface area contributed by atoms with Crippen LogP contribution in [0, 0.1) is 18.3 Å². The van der Waals surface area contributed by atoms with Gasteiger partial charge in [-0.05, 0) is 56.9 Å². The van der Waals surface area contributed by atoms with E-state index in [2.05, 4.69) is 26.7 Å². The SMILES string of the molecule is Cc1nc(NC2CCC(NC(=O)c3ccc(C#N)cc3)CC2)cc(N(C)C)n1. The minimum absolute atomic E-state index is 0.0806. The lowest BCUT2D eigenvalue weighted by Crippen LogP contribution is -2.40. The molecule has 2 N–H and O–H groups in total. The Kier molecular flexibility index (Phi) is 6.09. The van der Waals surface area contributed by atoms with Gasteiger partial charge in [-0.3, -0.25) is 4.79 Å². The van der Waals surface area contributed by atoms with E-state index in [0.29, 0.717) is 17.2 Å². The van der Waals surface area contributed by atoms with Gasteiger partial charge in [0.2, 0.25) is 0 Å². The highest BCUT2D eigenvalue weighted by molar-refractivity contribution is 5.94. The van der Waals surface area contributed by atoms with Gasteiger partial charge in [0.15, 0.2) is 0 Å². The first kappa shape index (κ1) is 19.6. The topological polar surface area (TPSA) is 93.9 Å². The molecule has 1 fully saturated rings. The Hall–Kier alpha value is -3.14. The number of aromatic nitrogens is 2. The second-order valence-electron chi connectivity index (χ2n) is 7.41. The van der Waals surface area contributed by atoms with Crippen LogP contribution in [-0.4, -0.2) is 42.1 Å². The Bertz CT molecular complexity index is 863. The summed E-state index contributed by atoms with van der Waals surface area (Å²) >= 11 is 0. The molecule has 7 heteroatoms. The monoisotopic (exact) mass is 378 g/mol. The van der Waals surface area contributed by atoms with E-state index < -0.39 is 0 Å². The van der Waals surface area contributed by atoms with Crippen molar-refractivity contribution < 1.29 is 4.79 Å². The third kappa shape index (κ3) is 4.97. The van der Waals surface area contributed by atoms with E-state index in [4.69, 9.17) is 5.26 Å². The number of carbonyl (C=O) groups is 1. The van der Waals surface area contributed by atoms with Crippen molar-refractivity contribution in [3.05, 3.63) is 47.3 Å². The summed E-state index contributed by atoms with van der Waals surface area (Å²) in [5, 5.41) is 15.5. The molecule has 1 heterocycles. The van der Waals surface area contributed by atoms with Crippen LogP contribution in [0.5, 0.6) is 0 Å². The van der Waals surface area contributed by atoms with Crippen LogP contribution >= 0.6 is 0 Å². The molecule has 1 aliphatic rings. The third-order valence-corrected chi connectivity index (χ3v) is 4.97. The van der Waals surface area contributed by atoms with Crippen LogP contribution in [-0.2, 0) is 0 Å². The van der Waals surface area contributed by atoms with Gasteiger partial charge in [0, 0.05) is 37.8 Å². The number of amides is 1. The average Bonchev–Trinajstić information content (AvgIpc) is 2.69. The first-order chi connectivity index (χ1) is 13.4. The fourth-order valence-corrected chi connectivity index (χ4v) is 3.41. The second-order valence-corrected chi connectivity index (χ2v) is 7.41. The smallest absolute Gasteiger partial charge is 0.251 e. The van der Waals surface area contributed by atoms with E-state index in [1.54, 1.807) is 24.3 Å². The van der Waals surface area contributed by atoms with Crippen LogP contribution in [0.2, 0.25) is 0 Å². The first-order valence-corrected chi connectivity index (χ1v) is 9.55. The number of nitrogens with one attached hydrogen (secondary N) is 2. The van der Waals surface area contributed by atoms with Crippen LogP contribution in [0.15, 0.2) is 30.3 Å². The van der Waals surface area contributed by atoms with Gasteiger partial charge in [0.1, 0.15) is 17.5 Å². The molecule has 1 amide bonds. The summed E-state index contributed by atoms with van der Waals surface area (Å²) in [6.07, 6.45) is 3.78. The molecule has 1 aromatic carbocycles. The van der Waals surface area contributed by atoms with Crippen molar-refractivity contribution in [2.45, 2.75) is 44.7 Å². The van der Waals surface area contributed by atoms with E-state index in [1.807, 2.05) is 32.0 Å². The van der Waals surface area contributed by atoms with Gasteiger partial charge in [0.05, 0.1) is 11.6 Å². The second kappa shape index (κ2) is 8.70. The van der Waals surface area contributed by atoms with Gasteiger partial charge in [-0.2, -0.15) is 5.26 Å². The summed E-state index contributed by atoms with van der Waals surface area (Å²) in [5.74, 6) is 2.40. The normalized spacial score (nSPS) is 18.8. The maximum absolute atomic E-state index is 12.4. The Balaban J connectivity index is 1.52. The molecule has 7 nitrogen and oxygen atoms in total. The largest absolute Gasteiger partial charge is 0.367 e. The van der Waals surface area contributed by atoms with Crippen LogP contribution in [0.1, 0.15) is 47.4 Å². The van der Waals surface area contributed by atoms with E-state index in [9.17, 15) is 4.79 Å². The number of nitrogens with zero attached hydrogens (tertiary/aromatic N) is 4. The Labute approximate surface area is 165 Å². The van der Waals surface area contributed by atoms with Crippen molar-refractivity contribution in [3.63, 3.8) is 0 Å². The Morgan fingerprint density at radius 3 is 2.36 bits per heavy atom. The highest BCUT2D eigenvalue weighted by Gasteiger charge is 2.23. The van der Waals surface area contributed by atoms with Gasteiger partial charge in [-0.1, -0.05) is 0 Å². The molecule has 1 aliphatic carbocycles. The summed E-state index contributed by atoms with van der Waals surface area (Å²) in [7, 11) is 3.93. The molecule has 0 unspecified atom stereocenters. The number of hydrogen-bond acceptors (Lipinski definition) is 6. The quantitative estimate of drug-likeness (QED) is 0.831.